The third-order valence-corrected chi connectivity index (χ3v) is 3.83. The van der Waals surface area contributed by atoms with E-state index in [0.717, 1.165) is 11.3 Å². The van der Waals surface area contributed by atoms with Crippen LogP contribution in [0.5, 0.6) is 5.75 Å². The minimum absolute atomic E-state index is 0.0156. The molecule has 2 aromatic carbocycles. The number of hydrogen-bond donors (Lipinski definition) is 2. The molecule has 2 aromatic rings. The van der Waals surface area contributed by atoms with E-state index in [4.69, 9.17) is 10.00 Å². The van der Waals surface area contributed by atoms with Crippen molar-refractivity contribution >= 4 is 11.7 Å². The fraction of sp³-hybridized carbons (Fsp3) is 0.263. The number of nitrogens with zero attached hydrogens (tertiary/aromatic N) is 2. The Kier molecular flexibility index (Phi) is 6.38. The van der Waals surface area contributed by atoms with Crippen molar-refractivity contribution in [2.45, 2.75) is 6.04 Å². The van der Waals surface area contributed by atoms with Crippen molar-refractivity contribution in [3.63, 3.8) is 0 Å². The Morgan fingerprint density at radius 3 is 2.56 bits per heavy atom. The van der Waals surface area contributed by atoms with Crippen LogP contribution in [0.3, 0.4) is 0 Å². The molecular weight excluding hydrogens is 316 g/mol. The van der Waals surface area contributed by atoms with Gasteiger partial charge in [0.2, 0.25) is 0 Å². The van der Waals surface area contributed by atoms with E-state index in [1.165, 1.54) is 0 Å². The molecule has 6 heteroatoms. The molecule has 0 saturated heterocycles. The first-order valence-corrected chi connectivity index (χ1v) is 7.89. The summed E-state index contributed by atoms with van der Waals surface area (Å²) in [5.41, 5.74) is 2.25. The monoisotopic (exact) mass is 338 g/mol. The standard InChI is InChI=1S/C19H22N4O2/c1-23(2)18(15-5-4-6-17(11-15)25-3)13-21-19(24)22-16-9-7-14(12-20)8-10-16/h4-11,18H,13H2,1-3H3,(H2,21,22,24). The quantitative estimate of drug-likeness (QED) is 0.849. The van der Waals surface area contributed by atoms with Crippen LogP contribution in [0.25, 0.3) is 0 Å². The number of anilines is 1. The van der Waals surface area contributed by atoms with E-state index in [2.05, 4.69) is 10.6 Å². The molecule has 0 heterocycles. The number of nitriles is 1. The Morgan fingerprint density at radius 1 is 1.24 bits per heavy atom. The average molecular weight is 338 g/mol. The SMILES string of the molecule is COc1cccc(C(CNC(=O)Nc2ccc(C#N)cc2)N(C)C)c1. The lowest BCUT2D eigenvalue weighted by Gasteiger charge is -2.25. The maximum Gasteiger partial charge on any atom is 0.319 e. The summed E-state index contributed by atoms with van der Waals surface area (Å²) in [5.74, 6) is 0.784. The highest BCUT2D eigenvalue weighted by molar-refractivity contribution is 5.89. The van der Waals surface area contributed by atoms with Crippen molar-refractivity contribution in [2.24, 2.45) is 0 Å². The molecule has 0 aromatic heterocycles. The molecule has 0 spiro atoms. The zero-order valence-electron chi connectivity index (χ0n) is 14.6. The number of rotatable bonds is 6. The van der Waals surface area contributed by atoms with Gasteiger partial charge in [0.1, 0.15) is 5.75 Å². The molecule has 130 valence electrons. The molecule has 2 rings (SSSR count). The number of urea groups is 1. The molecule has 0 saturated carbocycles. The van der Waals surface area contributed by atoms with Gasteiger partial charge in [-0.25, -0.2) is 4.79 Å². The van der Waals surface area contributed by atoms with Crippen LogP contribution in [0, 0.1) is 11.3 Å². The third-order valence-electron chi connectivity index (χ3n) is 3.83. The van der Waals surface area contributed by atoms with Crippen LogP contribution in [0.1, 0.15) is 17.2 Å². The number of likely N-dealkylation sites (N-methyl/N-ethyl adjacent to an activating group) is 1. The number of carbonyl (C=O) groups is 1. The molecule has 1 unspecified atom stereocenters. The van der Waals surface area contributed by atoms with E-state index in [1.54, 1.807) is 31.4 Å². The van der Waals surface area contributed by atoms with Gasteiger partial charge in [-0.05, 0) is 56.1 Å². The van der Waals surface area contributed by atoms with Crippen LogP contribution in [-0.2, 0) is 0 Å². The van der Waals surface area contributed by atoms with Crippen molar-refractivity contribution in [1.82, 2.24) is 10.2 Å². The van der Waals surface area contributed by atoms with Crippen LogP contribution in [-0.4, -0.2) is 38.7 Å². The Hall–Kier alpha value is -3.04. The van der Waals surface area contributed by atoms with Gasteiger partial charge in [0.15, 0.2) is 0 Å². The zero-order chi connectivity index (χ0) is 18.2. The molecule has 0 bridgehead atoms. The van der Waals surface area contributed by atoms with E-state index in [-0.39, 0.29) is 12.1 Å². The minimum atomic E-state index is -0.292. The number of amides is 2. The predicted octanol–water partition coefficient (Wildman–Crippen LogP) is 2.99. The smallest absolute Gasteiger partial charge is 0.319 e. The Morgan fingerprint density at radius 2 is 1.96 bits per heavy atom. The average Bonchev–Trinajstić information content (AvgIpc) is 2.62. The summed E-state index contributed by atoms with van der Waals surface area (Å²) >= 11 is 0. The fourth-order valence-electron chi connectivity index (χ4n) is 2.44. The lowest BCUT2D eigenvalue weighted by Crippen LogP contribution is -2.36. The van der Waals surface area contributed by atoms with Gasteiger partial charge in [-0.1, -0.05) is 12.1 Å². The van der Waals surface area contributed by atoms with Crippen LogP contribution in [0.4, 0.5) is 10.5 Å². The molecule has 2 amide bonds. The van der Waals surface area contributed by atoms with E-state index in [9.17, 15) is 4.79 Å². The van der Waals surface area contributed by atoms with Crippen molar-refractivity contribution in [3.8, 4) is 11.8 Å². The van der Waals surface area contributed by atoms with Crippen LogP contribution in [0.2, 0.25) is 0 Å². The minimum Gasteiger partial charge on any atom is -0.497 e. The van der Waals surface area contributed by atoms with Gasteiger partial charge in [-0.15, -0.1) is 0 Å². The lowest BCUT2D eigenvalue weighted by molar-refractivity contribution is 0.243. The van der Waals surface area contributed by atoms with Crippen molar-refractivity contribution < 1.29 is 9.53 Å². The molecule has 0 fully saturated rings. The Balaban J connectivity index is 1.98. The zero-order valence-corrected chi connectivity index (χ0v) is 14.6. The molecule has 0 radical (unpaired) electrons. The van der Waals surface area contributed by atoms with Crippen LogP contribution in [0.15, 0.2) is 48.5 Å². The van der Waals surface area contributed by atoms with Gasteiger partial charge in [0, 0.05) is 12.2 Å². The third kappa shape index (κ3) is 5.23. The summed E-state index contributed by atoms with van der Waals surface area (Å²) in [4.78, 5) is 14.2. The Labute approximate surface area is 148 Å². The van der Waals surface area contributed by atoms with Gasteiger partial charge in [0.25, 0.3) is 0 Å². The van der Waals surface area contributed by atoms with Crippen LogP contribution >= 0.6 is 0 Å². The second kappa shape index (κ2) is 8.71. The molecule has 0 aliphatic carbocycles. The summed E-state index contributed by atoms with van der Waals surface area (Å²) < 4.78 is 5.27. The molecular formula is C19H22N4O2. The van der Waals surface area contributed by atoms with Crippen LogP contribution < -0.4 is 15.4 Å². The number of ether oxygens (including phenoxy) is 1. The normalized spacial score (nSPS) is 11.5. The number of carbonyl (C=O) groups excluding carboxylic acids is 1. The molecule has 6 nitrogen and oxygen atoms in total. The first-order valence-electron chi connectivity index (χ1n) is 7.89. The number of hydrogen-bond acceptors (Lipinski definition) is 4. The number of methoxy groups -OCH3 is 1. The molecule has 0 aliphatic heterocycles. The maximum absolute atomic E-state index is 12.1. The van der Waals surface area contributed by atoms with Crippen molar-refractivity contribution in [3.05, 3.63) is 59.7 Å². The summed E-state index contributed by atoms with van der Waals surface area (Å²) in [6.07, 6.45) is 0. The summed E-state index contributed by atoms with van der Waals surface area (Å²) in [6, 6.07) is 16.3. The largest absolute Gasteiger partial charge is 0.497 e. The number of nitrogens with one attached hydrogen (secondary N) is 2. The molecule has 0 aliphatic rings. The van der Waals surface area contributed by atoms with Crippen molar-refractivity contribution in [1.29, 1.82) is 5.26 Å². The topological polar surface area (TPSA) is 77.4 Å². The highest BCUT2D eigenvalue weighted by atomic mass is 16.5. The summed E-state index contributed by atoms with van der Waals surface area (Å²) in [7, 11) is 5.56. The van der Waals surface area contributed by atoms with Gasteiger partial charge >= 0.3 is 6.03 Å². The predicted molar refractivity (Wildman–Crippen MR) is 97.6 cm³/mol. The lowest BCUT2D eigenvalue weighted by atomic mass is 10.1. The van der Waals surface area contributed by atoms with Gasteiger partial charge in [-0.3, -0.25) is 0 Å². The fourth-order valence-corrected chi connectivity index (χ4v) is 2.44. The first kappa shape index (κ1) is 18.3. The first-order chi connectivity index (χ1) is 12.0. The van der Waals surface area contributed by atoms with Gasteiger partial charge in [0.05, 0.1) is 24.8 Å². The molecule has 1 atom stereocenters. The second-order valence-corrected chi connectivity index (χ2v) is 5.78. The number of benzene rings is 2. The summed E-state index contributed by atoms with van der Waals surface area (Å²) in [5, 5.41) is 14.4. The summed E-state index contributed by atoms with van der Waals surface area (Å²) in [6.45, 7) is 0.447. The van der Waals surface area contributed by atoms with Gasteiger partial charge < -0.3 is 20.3 Å². The Bertz CT molecular complexity index is 751. The van der Waals surface area contributed by atoms with E-state index >= 15 is 0 Å². The van der Waals surface area contributed by atoms with Gasteiger partial charge in [-0.2, -0.15) is 5.26 Å². The maximum atomic E-state index is 12.1. The highest BCUT2D eigenvalue weighted by Crippen LogP contribution is 2.22. The second-order valence-electron chi connectivity index (χ2n) is 5.78. The van der Waals surface area contributed by atoms with E-state index in [1.807, 2.05) is 49.3 Å². The van der Waals surface area contributed by atoms with E-state index < -0.39 is 0 Å². The molecule has 2 N–H and O–H groups in total. The molecule has 25 heavy (non-hydrogen) atoms. The highest BCUT2D eigenvalue weighted by Gasteiger charge is 2.16. The van der Waals surface area contributed by atoms with Crippen molar-refractivity contribution in [2.75, 3.05) is 33.1 Å². The van der Waals surface area contributed by atoms with E-state index in [0.29, 0.717) is 17.8 Å².